The van der Waals surface area contributed by atoms with Gasteiger partial charge in [-0.05, 0) is 29.3 Å². The first-order valence-electron chi connectivity index (χ1n) is 10.1. The minimum Gasteiger partial charge on any atom is -0.478 e. The molecule has 0 fully saturated rings. The molecular formula is C26H21NO5. The van der Waals surface area contributed by atoms with E-state index in [-0.39, 0.29) is 11.3 Å². The molecule has 6 heteroatoms. The molecule has 0 bridgehead atoms. The number of nitrogens with one attached hydrogen (secondary N) is 1. The molecule has 1 aliphatic heterocycles. The number of carbonyl (C=O) groups excluding carboxylic acids is 1. The largest absolute Gasteiger partial charge is 0.478 e. The lowest BCUT2D eigenvalue weighted by Gasteiger charge is -2.13. The van der Waals surface area contributed by atoms with Crippen LogP contribution in [0.15, 0.2) is 91.2 Å². The van der Waals surface area contributed by atoms with E-state index in [1.807, 2.05) is 60.7 Å². The molecule has 160 valence electrons. The van der Waals surface area contributed by atoms with Crippen LogP contribution in [-0.2, 0) is 20.7 Å². The third-order valence-corrected chi connectivity index (χ3v) is 4.85. The molecule has 4 rings (SSSR count). The van der Waals surface area contributed by atoms with Crippen LogP contribution in [0.1, 0.15) is 27.0 Å². The Bertz CT molecular complexity index is 1170. The smallest absolute Gasteiger partial charge is 0.337 e. The highest BCUT2D eigenvalue weighted by Crippen LogP contribution is 2.29. The van der Waals surface area contributed by atoms with E-state index in [9.17, 15) is 14.7 Å². The standard InChI is InChI=1S/C26H21NO5/c28-24(14-11-18-7-3-1-4-8-18)27-22-16-20(12-13-21(22)26(29)30)23-17-31-25(32-23)15-19-9-5-2-6-10-19/h1-14,16-17,25H,15H2,(H,27,28)(H,29,30)/b14-11+. The van der Waals surface area contributed by atoms with Gasteiger partial charge in [-0.25, -0.2) is 4.79 Å². The van der Waals surface area contributed by atoms with Crippen LogP contribution >= 0.6 is 0 Å². The van der Waals surface area contributed by atoms with Crippen molar-refractivity contribution >= 4 is 29.4 Å². The fourth-order valence-corrected chi connectivity index (χ4v) is 3.27. The maximum atomic E-state index is 12.4. The van der Waals surface area contributed by atoms with Crippen LogP contribution in [0.5, 0.6) is 0 Å². The minimum absolute atomic E-state index is 0.0180. The van der Waals surface area contributed by atoms with Crippen molar-refractivity contribution in [3.8, 4) is 0 Å². The molecule has 0 radical (unpaired) electrons. The lowest BCUT2D eigenvalue weighted by molar-refractivity contribution is -0.111. The van der Waals surface area contributed by atoms with Gasteiger partial charge in [-0.15, -0.1) is 0 Å². The zero-order valence-electron chi connectivity index (χ0n) is 17.1. The molecule has 1 unspecified atom stereocenters. The van der Waals surface area contributed by atoms with Gasteiger partial charge in [0.1, 0.15) is 6.26 Å². The van der Waals surface area contributed by atoms with E-state index in [1.54, 1.807) is 18.2 Å². The number of carboxylic acids is 1. The Kier molecular flexibility index (Phi) is 6.32. The Morgan fingerprint density at radius 1 is 0.969 bits per heavy atom. The van der Waals surface area contributed by atoms with Crippen molar-refractivity contribution in [2.24, 2.45) is 0 Å². The summed E-state index contributed by atoms with van der Waals surface area (Å²) in [6.45, 7) is 0. The quantitative estimate of drug-likeness (QED) is 0.521. The number of ether oxygens (including phenoxy) is 2. The molecular weight excluding hydrogens is 406 g/mol. The van der Waals surface area contributed by atoms with E-state index in [4.69, 9.17) is 9.47 Å². The molecule has 3 aromatic rings. The second-order valence-electron chi connectivity index (χ2n) is 7.15. The first kappa shape index (κ1) is 20.9. The highest BCUT2D eigenvalue weighted by Gasteiger charge is 2.22. The van der Waals surface area contributed by atoms with E-state index in [2.05, 4.69) is 5.32 Å². The molecule has 1 heterocycles. The number of rotatable bonds is 7. The molecule has 0 saturated heterocycles. The Morgan fingerprint density at radius 3 is 2.41 bits per heavy atom. The van der Waals surface area contributed by atoms with Crippen LogP contribution in [0, 0.1) is 0 Å². The minimum atomic E-state index is -1.14. The first-order chi connectivity index (χ1) is 15.6. The molecule has 1 atom stereocenters. The number of benzene rings is 3. The van der Waals surface area contributed by atoms with Crippen LogP contribution in [0.4, 0.5) is 5.69 Å². The number of hydrogen-bond acceptors (Lipinski definition) is 4. The summed E-state index contributed by atoms with van der Waals surface area (Å²) >= 11 is 0. The summed E-state index contributed by atoms with van der Waals surface area (Å²) in [5, 5.41) is 12.2. The Labute approximate surface area is 185 Å². The zero-order valence-corrected chi connectivity index (χ0v) is 17.1. The summed E-state index contributed by atoms with van der Waals surface area (Å²) in [5.74, 6) is -1.11. The first-order valence-corrected chi connectivity index (χ1v) is 10.1. The molecule has 3 aromatic carbocycles. The van der Waals surface area contributed by atoms with Gasteiger partial charge in [-0.2, -0.15) is 0 Å². The summed E-state index contributed by atoms with van der Waals surface area (Å²) in [6, 6.07) is 23.8. The van der Waals surface area contributed by atoms with E-state index in [0.717, 1.165) is 11.1 Å². The summed E-state index contributed by atoms with van der Waals surface area (Å²) in [6.07, 6.45) is 4.62. The molecule has 6 nitrogen and oxygen atoms in total. The van der Waals surface area contributed by atoms with Gasteiger partial charge in [-0.3, -0.25) is 4.79 Å². The number of aromatic carboxylic acids is 1. The van der Waals surface area contributed by atoms with E-state index in [0.29, 0.717) is 17.7 Å². The van der Waals surface area contributed by atoms with Gasteiger partial charge < -0.3 is 19.9 Å². The van der Waals surface area contributed by atoms with Gasteiger partial charge in [0, 0.05) is 18.1 Å². The van der Waals surface area contributed by atoms with Crippen LogP contribution in [0.3, 0.4) is 0 Å². The summed E-state index contributed by atoms with van der Waals surface area (Å²) in [5.41, 5.74) is 2.70. The lowest BCUT2D eigenvalue weighted by Crippen LogP contribution is -2.13. The third-order valence-electron chi connectivity index (χ3n) is 4.85. The van der Waals surface area contributed by atoms with E-state index in [1.165, 1.54) is 18.4 Å². The third kappa shape index (κ3) is 5.23. The number of hydrogen-bond donors (Lipinski definition) is 2. The number of anilines is 1. The van der Waals surface area contributed by atoms with E-state index < -0.39 is 18.2 Å². The number of amides is 1. The highest BCUT2D eigenvalue weighted by atomic mass is 16.7. The van der Waals surface area contributed by atoms with Crippen molar-refractivity contribution in [3.05, 3.63) is 113 Å². The van der Waals surface area contributed by atoms with Gasteiger partial charge in [0.25, 0.3) is 0 Å². The second kappa shape index (κ2) is 9.66. The Morgan fingerprint density at radius 2 is 1.69 bits per heavy atom. The average molecular weight is 427 g/mol. The number of carbonyl (C=O) groups is 2. The van der Waals surface area contributed by atoms with Gasteiger partial charge in [0.2, 0.25) is 12.2 Å². The fraction of sp³-hybridized carbons (Fsp3) is 0.0769. The molecule has 0 saturated carbocycles. The highest BCUT2D eigenvalue weighted by molar-refractivity contribution is 6.06. The van der Waals surface area contributed by atoms with Crippen molar-refractivity contribution in [1.29, 1.82) is 0 Å². The van der Waals surface area contributed by atoms with Crippen molar-refractivity contribution in [3.63, 3.8) is 0 Å². The SMILES string of the molecule is O=C(/C=C/c1ccccc1)Nc1cc(C2=COC(Cc3ccccc3)O2)ccc1C(=O)O. The van der Waals surface area contributed by atoms with Gasteiger partial charge in [0.15, 0.2) is 5.76 Å². The van der Waals surface area contributed by atoms with Crippen LogP contribution in [-0.4, -0.2) is 23.3 Å². The van der Waals surface area contributed by atoms with Crippen LogP contribution in [0.2, 0.25) is 0 Å². The molecule has 1 aliphatic rings. The van der Waals surface area contributed by atoms with Gasteiger partial charge in [-0.1, -0.05) is 66.7 Å². The van der Waals surface area contributed by atoms with Crippen molar-refractivity contribution in [1.82, 2.24) is 0 Å². The molecule has 32 heavy (non-hydrogen) atoms. The van der Waals surface area contributed by atoms with Gasteiger partial charge in [0.05, 0.1) is 11.3 Å². The fourth-order valence-electron chi connectivity index (χ4n) is 3.27. The predicted molar refractivity (Wildman–Crippen MR) is 122 cm³/mol. The second-order valence-corrected chi connectivity index (χ2v) is 7.15. The molecule has 2 N–H and O–H groups in total. The van der Waals surface area contributed by atoms with Crippen LogP contribution in [0.25, 0.3) is 11.8 Å². The van der Waals surface area contributed by atoms with E-state index >= 15 is 0 Å². The Hall–Kier alpha value is -4.32. The monoisotopic (exact) mass is 427 g/mol. The maximum absolute atomic E-state index is 12.4. The topological polar surface area (TPSA) is 84.9 Å². The zero-order chi connectivity index (χ0) is 22.3. The number of carboxylic acid groups (broad SMARTS) is 1. The molecule has 1 amide bonds. The van der Waals surface area contributed by atoms with Crippen molar-refractivity contribution < 1.29 is 24.2 Å². The van der Waals surface area contributed by atoms with Crippen molar-refractivity contribution in [2.75, 3.05) is 5.32 Å². The summed E-state index contributed by atoms with van der Waals surface area (Å²) in [7, 11) is 0. The normalized spacial score (nSPS) is 15.0. The van der Waals surface area contributed by atoms with Crippen molar-refractivity contribution in [2.45, 2.75) is 12.7 Å². The molecule has 0 aromatic heterocycles. The summed E-state index contributed by atoms with van der Waals surface area (Å²) < 4.78 is 11.5. The average Bonchev–Trinajstić information content (AvgIpc) is 3.27. The molecule has 0 aliphatic carbocycles. The molecule has 0 spiro atoms. The lowest BCUT2D eigenvalue weighted by atomic mass is 10.1. The predicted octanol–water partition coefficient (Wildman–Crippen LogP) is 4.95. The van der Waals surface area contributed by atoms with Gasteiger partial charge >= 0.3 is 5.97 Å². The summed E-state index contributed by atoms with van der Waals surface area (Å²) in [4.78, 5) is 24.0. The van der Waals surface area contributed by atoms with Crippen LogP contribution < -0.4 is 5.32 Å². The maximum Gasteiger partial charge on any atom is 0.337 e. The Balaban J connectivity index is 1.48.